The third-order valence-electron chi connectivity index (χ3n) is 2.30. The van der Waals surface area contributed by atoms with Crippen LogP contribution in [0.1, 0.15) is 10.4 Å². The Morgan fingerprint density at radius 1 is 1.17 bits per heavy atom. The second-order valence-corrected chi connectivity index (χ2v) is 8.76. The van der Waals surface area contributed by atoms with Gasteiger partial charge in [-0.25, -0.2) is 4.79 Å². The number of rotatable bonds is 4. The number of carbonyl (C=O) groups is 1. The summed E-state index contributed by atoms with van der Waals surface area (Å²) in [5, 5.41) is 0. The molecule has 0 aliphatic rings. The molecule has 1 aromatic carbocycles. The van der Waals surface area contributed by atoms with Crippen molar-refractivity contribution in [2.45, 2.75) is 12.3 Å². The summed E-state index contributed by atoms with van der Waals surface area (Å²) >= 11 is 12.4. The van der Waals surface area contributed by atoms with Gasteiger partial charge in [0.15, 0.2) is 0 Å². The van der Waals surface area contributed by atoms with Gasteiger partial charge in [0.1, 0.15) is 5.75 Å². The number of halogens is 7. The minimum absolute atomic E-state index is 0.102. The van der Waals surface area contributed by atoms with Gasteiger partial charge in [-0.15, -0.1) is 0 Å². The van der Waals surface area contributed by atoms with E-state index < -0.39 is 34.1 Å². The minimum Gasteiger partial charge on any atom is -0.448 e. The Morgan fingerprint density at radius 2 is 1.70 bits per heavy atom. The van der Waals surface area contributed by atoms with E-state index in [4.69, 9.17) is 4.55 Å². The molecule has 23 heavy (non-hydrogen) atoms. The highest BCUT2D eigenvalue weighted by Crippen LogP contribution is 2.39. The van der Waals surface area contributed by atoms with E-state index in [-0.39, 0.29) is 10.0 Å². The molecular weight excluding hydrogens is 609 g/mol. The summed E-state index contributed by atoms with van der Waals surface area (Å²) < 4.78 is 73.6. The first kappa shape index (κ1) is 21.4. The zero-order valence-electron chi connectivity index (χ0n) is 10.5. The van der Waals surface area contributed by atoms with Gasteiger partial charge in [-0.05, 0) is 69.8 Å². The van der Waals surface area contributed by atoms with Gasteiger partial charge in [-0.3, -0.25) is 4.55 Å². The average molecular weight is 614 g/mol. The van der Waals surface area contributed by atoms with Crippen molar-refractivity contribution in [1.82, 2.24) is 0 Å². The van der Waals surface area contributed by atoms with Crippen LogP contribution < -0.4 is 0 Å². The molecule has 0 saturated carbocycles. The lowest BCUT2D eigenvalue weighted by Crippen LogP contribution is -2.39. The molecule has 0 heterocycles. The Kier molecular flexibility index (Phi) is 7.13. The summed E-state index contributed by atoms with van der Waals surface area (Å²) in [5.41, 5.74) is -0.281. The minimum atomic E-state index is -5.16. The lowest BCUT2D eigenvalue weighted by molar-refractivity contribution is -0.197. The van der Waals surface area contributed by atoms with E-state index in [0.717, 1.165) is 0 Å². The number of carbonyl (C=O) groups excluding carboxylic acids is 1. The molecule has 0 fully saturated rings. The maximum atomic E-state index is 12.8. The second kappa shape index (κ2) is 7.68. The molecule has 1 aromatic rings. The fourth-order valence-corrected chi connectivity index (χ4v) is 4.11. The van der Waals surface area contributed by atoms with Crippen molar-refractivity contribution in [1.29, 1.82) is 0 Å². The molecule has 0 bridgehead atoms. The third kappa shape index (κ3) is 5.96. The summed E-state index contributed by atoms with van der Waals surface area (Å²) in [6, 6.07) is 1.18. The van der Waals surface area contributed by atoms with Crippen LogP contribution in [0.15, 0.2) is 24.0 Å². The topological polar surface area (TPSA) is 80.7 Å². The van der Waals surface area contributed by atoms with Crippen molar-refractivity contribution < 1.29 is 35.7 Å². The zero-order chi connectivity index (χ0) is 18.2. The van der Waals surface area contributed by atoms with Crippen LogP contribution >= 0.6 is 63.7 Å². The van der Waals surface area contributed by atoms with Gasteiger partial charge in [0, 0.05) is 17.9 Å². The molecule has 0 aromatic heterocycles. The van der Waals surface area contributed by atoms with Gasteiger partial charge in [0.25, 0.3) is 10.1 Å². The number of hydrogen-bond donors (Lipinski definition) is 1. The Labute approximate surface area is 162 Å². The molecule has 0 saturated heterocycles. The van der Waals surface area contributed by atoms with Gasteiger partial charge < -0.3 is 4.74 Å². The Balaban J connectivity index is 3.19. The van der Waals surface area contributed by atoms with E-state index in [1.165, 1.54) is 6.07 Å². The van der Waals surface area contributed by atoms with E-state index in [1.54, 1.807) is 0 Å². The van der Waals surface area contributed by atoms with Gasteiger partial charge in [-0.2, -0.15) is 21.6 Å². The quantitative estimate of drug-likeness (QED) is 0.230. The van der Waals surface area contributed by atoms with Crippen LogP contribution in [0.5, 0.6) is 0 Å². The fourth-order valence-electron chi connectivity index (χ4n) is 1.30. The molecule has 0 spiro atoms. The summed E-state index contributed by atoms with van der Waals surface area (Å²) in [5.74, 6) is -3.21. The molecule has 1 unspecified atom stereocenters. The number of hydrogen-bond acceptors (Lipinski definition) is 4. The summed E-state index contributed by atoms with van der Waals surface area (Å²) in [4.78, 5) is 11.9. The van der Waals surface area contributed by atoms with Crippen LogP contribution in [-0.2, 0) is 14.9 Å². The van der Waals surface area contributed by atoms with E-state index in [1.807, 2.05) is 0 Å². The molecule has 0 radical (unpaired) electrons. The van der Waals surface area contributed by atoms with Crippen molar-refractivity contribution in [2.75, 3.05) is 5.75 Å². The number of alkyl halides is 3. The van der Waals surface area contributed by atoms with Crippen LogP contribution in [0, 0.1) is 0 Å². The van der Waals surface area contributed by atoms with Crippen LogP contribution in [-0.4, -0.2) is 37.0 Å². The van der Waals surface area contributed by atoms with E-state index in [9.17, 15) is 26.4 Å². The molecular formula is C10H5Br4F3O5S. The SMILES string of the molecule is O=C(OC(CS(=O)(=O)O)C(F)(F)F)c1cc(Br)c(Br)c(Br)c1Br. The Hall–Kier alpha value is 0.310. The van der Waals surface area contributed by atoms with Gasteiger partial charge in [0.05, 0.1) is 5.56 Å². The molecule has 130 valence electrons. The van der Waals surface area contributed by atoms with Crippen molar-refractivity contribution >= 4 is 79.8 Å². The predicted molar refractivity (Wildman–Crippen MR) is 88.9 cm³/mol. The highest BCUT2D eigenvalue weighted by Gasteiger charge is 2.45. The van der Waals surface area contributed by atoms with E-state index in [0.29, 0.717) is 13.4 Å². The van der Waals surface area contributed by atoms with Crippen molar-refractivity contribution in [3.63, 3.8) is 0 Å². The normalized spacial score (nSPS) is 13.7. The van der Waals surface area contributed by atoms with Crippen LogP contribution in [0.25, 0.3) is 0 Å². The maximum absolute atomic E-state index is 12.8. The average Bonchev–Trinajstić information content (AvgIpc) is 2.37. The summed E-state index contributed by atoms with van der Waals surface area (Å²) in [6.07, 6.45) is -8.17. The second-order valence-electron chi connectivity index (χ2n) is 4.03. The van der Waals surface area contributed by atoms with Crippen LogP contribution in [0.4, 0.5) is 13.2 Å². The zero-order valence-corrected chi connectivity index (χ0v) is 17.7. The molecule has 13 heteroatoms. The van der Waals surface area contributed by atoms with Gasteiger partial charge in [0.2, 0.25) is 6.10 Å². The van der Waals surface area contributed by atoms with E-state index >= 15 is 0 Å². The first-order valence-corrected chi connectivity index (χ1v) is 10.1. The first-order chi connectivity index (χ1) is 10.2. The Morgan fingerprint density at radius 3 is 2.13 bits per heavy atom. The van der Waals surface area contributed by atoms with Crippen molar-refractivity contribution in [3.05, 3.63) is 29.5 Å². The predicted octanol–water partition coefficient (Wildman–Crippen LogP) is 4.71. The summed E-state index contributed by atoms with van der Waals surface area (Å²) in [7, 11) is -5.00. The smallest absolute Gasteiger partial charge is 0.426 e. The standard InChI is InChI=1S/C10H5Br4F3O5S/c11-4-1-3(6(12)8(14)7(4)13)9(18)22-5(10(15,16)17)2-23(19,20)21/h1,5H,2H2,(H,19,20,21). The third-order valence-corrected chi connectivity index (χ3v) is 7.68. The maximum Gasteiger partial charge on any atom is 0.426 e. The Bertz CT molecular complexity index is 735. The number of esters is 1. The van der Waals surface area contributed by atoms with Crippen LogP contribution in [0.2, 0.25) is 0 Å². The molecule has 0 aliphatic carbocycles. The highest BCUT2D eigenvalue weighted by molar-refractivity contribution is 9.15. The fraction of sp³-hybridized carbons (Fsp3) is 0.300. The van der Waals surface area contributed by atoms with Crippen molar-refractivity contribution in [2.24, 2.45) is 0 Å². The molecule has 0 aliphatic heterocycles. The van der Waals surface area contributed by atoms with Gasteiger partial charge >= 0.3 is 12.1 Å². The number of ether oxygens (including phenoxy) is 1. The molecule has 1 rings (SSSR count). The monoisotopic (exact) mass is 610 g/mol. The lowest BCUT2D eigenvalue weighted by Gasteiger charge is -2.20. The van der Waals surface area contributed by atoms with E-state index in [2.05, 4.69) is 68.5 Å². The molecule has 1 atom stereocenters. The number of benzene rings is 1. The molecule has 1 N–H and O–H groups in total. The molecule has 0 amide bonds. The highest BCUT2D eigenvalue weighted by atomic mass is 79.9. The van der Waals surface area contributed by atoms with Gasteiger partial charge in [-0.1, -0.05) is 0 Å². The van der Waals surface area contributed by atoms with Crippen molar-refractivity contribution in [3.8, 4) is 0 Å². The van der Waals surface area contributed by atoms with Crippen LogP contribution in [0.3, 0.4) is 0 Å². The largest absolute Gasteiger partial charge is 0.448 e. The molecule has 5 nitrogen and oxygen atoms in total. The first-order valence-electron chi connectivity index (χ1n) is 5.30. The lowest BCUT2D eigenvalue weighted by atomic mass is 10.2. The summed E-state index contributed by atoms with van der Waals surface area (Å²) in [6.45, 7) is 0.